The third-order valence-electron chi connectivity index (χ3n) is 8.95. The zero-order chi connectivity index (χ0) is 22.7. The van der Waals surface area contributed by atoms with E-state index < -0.39 is 94.0 Å². The second-order valence-electron chi connectivity index (χ2n) is 10.8. The van der Waals surface area contributed by atoms with Crippen molar-refractivity contribution in [3.8, 4) is 0 Å². The maximum absolute atomic E-state index is 13.4. The van der Waals surface area contributed by atoms with Gasteiger partial charge in [0.25, 0.3) is 0 Å². The number of rotatable bonds is 0. The van der Waals surface area contributed by atoms with Gasteiger partial charge < -0.3 is 39.4 Å². The highest BCUT2D eigenvalue weighted by molar-refractivity contribution is 5.94. The van der Waals surface area contributed by atoms with Crippen molar-refractivity contribution in [2.24, 2.45) is 28.1 Å². The second kappa shape index (κ2) is 4.91. The first-order valence-corrected chi connectivity index (χ1v) is 10.3. The molecule has 0 radical (unpaired) electrons. The quantitative estimate of drug-likeness (QED) is 0.234. The minimum atomic E-state index is -2.40. The molecule has 0 aromatic heterocycles. The fourth-order valence-corrected chi connectivity index (χ4v) is 8.27. The Morgan fingerprint density at radius 2 is 1.58 bits per heavy atom. The van der Waals surface area contributed by atoms with Gasteiger partial charge in [-0.05, 0) is 12.3 Å². The van der Waals surface area contributed by atoms with Crippen LogP contribution in [0.1, 0.15) is 27.7 Å². The van der Waals surface area contributed by atoms with E-state index in [2.05, 4.69) is 0 Å². The summed E-state index contributed by atoms with van der Waals surface area (Å²) in [5, 5.41) is 46.1. The molecule has 4 heterocycles. The summed E-state index contributed by atoms with van der Waals surface area (Å²) in [4.78, 5) is 38.3. The fourth-order valence-electron chi connectivity index (χ4n) is 8.27. The number of ether oxygens (including phenoxy) is 4. The third kappa shape index (κ3) is 1.43. The van der Waals surface area contributed by atoms with Gasteiger partial charge in [0.2, 0.25) is 11.9 Å². The van der Waals surface area contributed by atoms with E-state index in [0.717, 1.165) is 0 Å². The standard InChI is InChI=1S/C20H24O11/c1-5-12(24)28-11-8(22)18-10-6(21)7(16(2,3)4)17(18)9(23)13(25)30-15(17)31-20(18,14(26)29-10)19(5,11)27/h5-11,15,21-23,27H,1-4H3/t5-,6+,7-,8-,9-,10+,11-,15-,17-,18?,19+,20+/m0/s1. The number of hydrogen-bond donors (Lipinski definition) is 4. The van der Waals surface area contributed by atoms with Crippen LogP contribution in [0, 0.1) is 28.1 Å². The zero-order valence-electron chi connectivity index (χ0n) is 17.3. The molecule has 4 aliphatic heterocycles. The minimum Gasteiger partial charge on any atom is -0.456 e. The SMILES string of the molecule is C[C@H]1C(=O)O[C@H]2[C@H](O)C34[C@@H]5OC(=O)[C@]3(O[C@@H]3OC(=O)[C@H](O)[C@@]34[C@H](C(C)(C)C)[C@H]5O)[C@@]12O. The van der Waals surface area contributed by atoms with Crippen LogP contribution in [-0.4, -0.2) is 86.3 Å². The first kappa shape index (κ1) is 19.9. The molecule has 31 heavy (non-hydrogen) atoms. The van der Waals surface area contributed by atoms with E-state index in [1.54, 1.807) is 20.8 Å². The average Bonchev–Trinajstić information content (AvgIpc) is 3.35. The lowest BCUT2D eigenvalue weighted by molar-refractivity contribution is -0.240. The van der Waals surface area contributed by atoms with Gasteiger partial charge in [0.05, 0.1) is 22.9 Å². The highest BCUT2D eigenvalue weighted by Crippen LogP contribution is 2.84. The van der Waals surface area contributed by atoms with Crippen molar-refractivity contribution in [1.29, 1.82) is 0 Å². The van der Waals surface area contributed by atoms with Gasteiger partial charge in [-0.2, -0.15) is 0 Å². The number of fused-ring (bicyclic) bond motifs is 1. The Labute approximate surface area is 176 Å². The van der Waals surface area contributed by atoms with E-state index in [1.165, 1.54) is 6.92 Å². The summed E-state index contributed by atoms with van der Waals surface area (Å²) in [6.07, 6.45) is -9.69. The molecule has 6 fully saturated rings. The van der Waals surface area contributed by atoms with Gasteiger partial charge in [-0.1, -0.05) is 20.8 Å². The molecule has 1 unspecified atom stereocenters. The van der Waals surface area contributed by atoms with Gasteiger partial charge in [-0.15, -0.1) is 0 Å². The predicted molar refractivity (Wildman–Crippen MR) is 93.4 cm³/mol. The van der Waals surface area contributed by atoms with Gasteiger partial charge in [0.1, 0.15) is 12.2 Å². The van der Waals surface area contributed by atoms with Crippen LogP contribution in [0.15, 0.2) is 0 Å². The number of carbonyl (C=O) groups excluding carboxylic acids is 3. The summed E-state index contributed by atoms with van der Waals surface area (Å²) < 4.78 is 22.2. The topological polar surface area (TPSA) is 169 Å². The van der Waals surface area contributed by atoms with E-state index in [9.17, 15) is 34.8 Å². The smallest absolute Gasteiger partial charge is 0.343 e. The van der Waals surface area contributed by atoms with Crippen LogP contribution in [0.25, 0.3) is 0 Å². The molecule has 11 heteroatoms. The van der Waals surface area contributed by atoms with Gasteiger partial charge >= 0.3 is 17.9 Å². The largest absolute Gasteiger partial charge is 0.456 e. The molecule has 4 saturated heterocycles. The third-order valence-corrected chi connectivity index (χ3v) is 8.95. The fraction of sp³-hybridized carbons (Fsp3) is 0.850. The van der Waals surface area contributed by atoms with E-state index in [0.29, 0.717) is 0 Å². The Kier molecular flexibility index (Phi) is 3.15. The summed E-state index contributed by atoms with van der Waals surface area (Å²) in [5.74, 6) is -5.22. The summed E-state index contributed by atoms with van der Waals surface area (Å²) in [7, 11) is 0. The Balaban J connectivity index is 1.75. The maximum atomic E-state index is 13.4. The summed E-state index contributed by atoms with van der Waals surface area (Å²) in [5.41, 5.74) is -9.40. The molecular weight excluding hydrogens is 416 g/mol. The van der Waals surface area contributed by atoms with Crippen LogP contribution in [0.2, 0.25) is 0 Å². The number of carbonyl (C=O) groups is 3. The molecule has 0 bridgehead atoms. The Bertz CT molecular complexity index is 957. The highest BCUT2D eigenvalue weighted by Gasteiger charge is 3.05. The van der Waals surface area contributed by atoms with Gasteiger partial charge in [-0.3, -0.25) is 4.79 Å². The number of esters is 3. The Morgan fingerprint density at radius 3 is 2.19 bits per heavy atom. The van der Waals surface area contributed by atoms with Crippen LogP contribution in [0.5, 0.6) is 0 Å². The molecule has 170 valence electrons. The average molecular weight is 440 g/mol. The van der Waals surface area contributed by atoms with Crippen molar-refractivity contribution in [3.05, 3.63) is 0 Å². The van der Waals surface area contributed by atoms with E-state index in [4.69, 9.17) is 18.9 Å². The van der Waals surface area contributed by atoms with E-state index >= 15 is 0 Å². The van der Waals surface area contributed by atoms with Gasteiger partial charge in [0.15, 0.2) is 17.8 Å². The van der Waals surface area contributed by atoms with Crippen LogP contribution >= 0.6 is 0 Å². The number of hydrogen-bond acceptors (Lipinski definition) is 11. The first-order valence-electron chi connectivity index (χ1n) is 10.3. The van der Waals surface area contributed by atoms with Crippen molar-refractivity contribution in [1.82, 2.24) is 0 Å². The van der Waals surface area contributed by atoms with Crippen LogP contribution in [0.3, 0.4) is 0 Å². The molecule has 12 atom stereocenters. The van der Waals surface area contributed by atoms with E-state index in [1.807, 2.05) is 0 Å². The molecule has 2 spiro atoms. The van der Waals surface area contributed by atoms with Crippen molar-refractivity contribution in [2.45, 2.75) is 75.7 Å². The molecule has 6 aliphatic rings. The predicted octanol–water partition coefficient (Wildman–Crippen LogP) is -2.40. The zero-order valence-corrected chi connectivity index (χ0v) is 17.3. The minimum absolute atomic E-state index is 0.792. The van der Waals surface area contributed by atoms with Crippen molar-refractivity contribution < 1.29 is 53.8 Å². The van der Waals surface area contributed by atoms with Crippen molar-refractivity contribution in [2.75, 3.05) is 0 Å². The molecule has 11 nitrogen and oxygen atoms in total. The second-order valence-corrected chi connectivity index (χ2v) is 10.8. The Hall–Kier alpha value is -1.79. The maximum Gasteiger partial charge on any atom is 0.343 e. The molecule has 2 aliphatic carbocycles. The first-order chi connectivity index (χ1) is 14.3. The normalized spacial score (nSPS) is 61.0. The molecule has 4 N–H and O–H groups in total. The summed E-state index contributed by atoms with van der Waals surface area (Å²) >= 11 is 0. The highest BCUT2D eigenvalue weighted by atomic mass is 16.8. The lowest BCUT2D eigenvalue weighted by atomic mass is 9.51. The Morgan fingerprint density at radius 1 is 0.935 bits per heavy atom. The van der Waals surface area contributed by atoms with Crippen molar-refractivity contribution >= 4 is 17.9 Å². The van der Waals surface area contributed by atoms with Gasteiger partial charge in [0, 0.05) is 5.92 Å². The van der Waals surface area contributed by atoms with Crippen LogP contribution in [0.4, 0.5) is 0 Å². The lowest BCUT2D eigenvalue weighted by Gasteiger charge is -2.47. The van der Waals surface area contributed by atoms with Crippen molar-refractivity contribution in [3.63, 3.8) is 0 Å². The monoisotopic (exact) mass is 440 g/mol. The number of aliphatic hydroxyl groups is 4. The van der Waals surface area contributed by atoms with Crippen LogP contribution in [-0.2, 0) is 33.3 Å². The molecule has 0 amide bonds. The van der Waals surface area contributed by atoms with E-state index in [-0.39, 0.29) is 0 Å². The lowest BCUT2D eigenvalue weighted by Crippen LogP contribution is -2.67. The molecule has 6 rings (SSSR count). The summed E-state index contributed by atoms with van der Waals surface area (Å²) in [6, 6.07) is 0. The molecule has 0 aromatic rings. The molecule has 2 saturated carbocycles. The number of aliphatic hydroxyl groups excluding tert-OH is 3. The summed E-state index contributed by atoms with van der Waals surface area (Å²) in [6.45, 7) is 6.63. The molecular formula is C20H24O11. The van der Waals surface area contributed by atoms with Gasteiger partial charge in [-0.25, -0.2) is 9.59 Å². The molecule has 0 aromatic carbocycles. The van der Waals surface area contributed by atoms with Crippen LogP contribution < -0.4 is 0 Å².